The number of primary amides is 2. The number of nitrogens with zero attached hydrogens (tertiary/aromatic N) is 6. The molecule has 36 heavy (non-hydrogen) atoms. The molecule has 0 fully saturated rings. The normalized spacial score (nSPS) is 11.4. The molecule has 0 saturated heterocycles. The highest BCUT2D eigenvalue weighted by atomic mass is 19.4. The number of alkyl halides is 3. The summed E-state index contributed by atoms with van der Waals surface area (Å²) in [5, 5.41) is 12.4. The van der Waals surface area contributed by atoms with Gasteiger partial charge in [0.2, 0.25) is 5.91 Å². The SMILES string of the molecule is Cc1c(-c2c(C(N)=O)nc3cc(F)ccc3c2C(N)=O)c(C(F)(F)F)nn1Cc1ncc(C#N)cn1. The van der Waals surface area contributed by atoms with E-state index in [1.54, 1.807) is 0 Å². The Kier molecular flexibility index (Phi) is 5.84. The first-order chi connectivity index (χ1) is 16.9. The highest BCUT2D eigenvalue weighted by Crippen LogP contribution is 2.42. The van der Waals surface area contributed by atoms with Crippen molar-refractivity contribution < 1.29 is 27.2 Å². The summed E-state index contributed by atoms with van der Waals surface area (Å²) in [4.78, 5) is 36.6. The van der Waals surface area contributed by atoms with E-state index < -0.39 is 51.9 Å². The fourth-order valence-corrected chi connectivity index (χ4v) is 3.74. The summed E-state index contributed by atoms with van der Waals surface area (Å²) in [5.74, 6) is -3.19. The van der Waals surface area contributed by atoms with Crippen molar-refractivity contribution in [2.24, 2.45) is 11.5 Å². The minimum absolute atomic E-state index is 0.0391. The lowest BCUT2D eigenvalue weighted by atomic mass is 9.92. The van der Waals surface area contributed by atoms with Gasteiger partial charge < -0.3 is 11.5 Å². The van der Waals surface area contributed by atoms with Crippen molar-refractivity contribution in [3.63, 3.8) is 0 Å². The summed E-state index contributed by atoms with van der Waals surface area (Å²) in [6, 6.07) is 4.79. The molecule has 0 aliphatic heterocycles. The Labute approximate surface area is 199 Å². The van der Waals surface area contributed by atoms with Crippen LogP contribution in [-0.4, -0.2) is 36.5 Å². The van der Waals surface area contributed by atoms with Gasteiger partial charge in [-0.05, 0) is 19.1 Å². The molecule has 0 aliphatic carbocycles. The number of nitrogens with two attached hydrogens (primary N) is 2. The fraction of sp³-hybridized carbons (Fsp3) is 0.136. The van der Waals surface area contributed by atoms with Crippen molar-refractivity contribution >= 4 is 22.7 Å². The van der Waals surface area contributed by atoms with Crippen molar-refractivity contribution in [2.45, 2.75) is 19.6 Å². The number of aromatic nitrogens is 5. The van der Waals surface area contributed by atoms with Crippen LogP contribution in [0.3, 0.4) is 0 Å². The molecule has 10 nitrogen and oxygen atoms in total. The zero-order chi connectivity index (χ0) is 26.4. The van der Waals surface area contributed by atoms with Gasteiger partial charge >= 0.3 is 6.18 Å². The molecule has 4 rings (SSSR count). The molecule has 1 aromatic carbocycles. The lowest BCUT2D eigenvalue weighted by molar-refractivity contribution is -0.141. The molecule has 3 aromatic heterocycles. The standard InChI is InChI=1S/C22H14F4N8O2/c1-9-15(19(22(24,25)26)33-34(9)8-14-30-6-10(5-27)7-31-14)17-16(20(28)35)12-3-2-11(23)4-13(12)32-18(17)21(29)36/h2-4,6-7H,8H2,1H3,(H2,28,35)(H2,29,36). The zero-order valence-corrected chi connectivity index (χ0v) is 18.3. The topological polar surface area (TPSA) is 166 Å². The molecule has 0 saturated carbocycles. The van der Waals surface area contributed by atoms with E-state index in [1.807, 2.05) is 6.07 Å². The predicted molar refractivity (Wildman–Crippen MR) is 116 cm³/mol. The molecule has 0 aliphatic rings. The summed E-state index contributed by atoms with van der Waals surface area (Å²) in [6.45, 7) is 0.927. The van der Waals surface area contributed by atoms with Crippen LogP contribution in [-0.2, 0) is 12.7 Å². The summed E-state index contributed by atoms with van der Waals surface area (Å²) in [5.41, 5.74) is 6.85. The van der Waals surface area contributed by atoms with E-state index in [9.17, 15) is 27.2 Å². The van der Waals surface area contributed by atoms with Crippen molar-refractivity contribution in [1.29, 1.82) is 5.26 Å². The quantitative estimate of drug-likeness (QED) is 0.399. The van der Waals surface area contributed by atoms with Crippen LogP contribution in [0.1, 0.15) is 43.6 Å². The maximum Gasteiger partial charge on any atom is 0.435 e. The van der Waals surface area contributed by atoms with Crippen molar-refractivity contribution in [3.05, 3.63) is 70.4 Å². The molecule has 14 heteroatoms. The number of rotatable bonds is 5. The summed E-state index contributed by atoms with van der Waals surface area (Å²) in [7, 11) is 0. The van der Waals surface area contributed by atoms with E-state index in [-0.39, 0.29) is 34.5 Å². The Morgan fingerprint density at radius 1 is 1.11 bits per heavy atom. The number of halogens is 4. The molecule has 0 atom stereocenters. The maximum atomic E-state index is 14.2. The predicted octanol–water partition coefficient (Wildman–Crippen LogP) is 2.47. The van der Waals surface area contributed by atoms with Crippen LogP contribution in [0.2, 0.25) is 0 Å². The Balaban J connectivity index is 2.07. The van der Waals surface area contributed by atoms with Gasteiger partial charge in [-0.2, -0.15) is 23.5 Å². The molecular formula is C22H14F4N8O2. The van der Waals surface area contributed by atoms with Crippen LogP contribution in [0, 0.1) is 24.1 Å². The molecule has 2 amide bonds. The number of hydrogen-bond acceptors (Lipinski definition) is 7. The highest BCUT2D eigenvalue weighted by molar-refractivity contribution is 6.15. The average Bonchev–Trinajstić information content (AvgIpc) is 3.14. The molecule has 182 valence electrons. The molecule has 4 N–H and O–H groups in total. The van der Waals surface area contributed by atoms with Gasteiger partial charge in [0.15, 0.2) is 5.69 Å². The number of nitriles is 1. The number of carbonyl (C=O) groups excluding carboxylic acids is 2. The molecule has 0 bridgehead atoms. The maximum absolute atomic E-state index is 14.2. The van der Waals surface area contributed by atoms with Crippen molar-refractivity contribution in [2.75, 3.05) is 0 Å². The van der Waals surface area contributed by atoms with Crippen LogP contribution in [0.15, 0.2) is 30.6 Å². The van der Waals surface area contributed by atoms with Crippen molar-refractivity contribution in [1.82, 2.24) is 24.7 Å². The lowest BCUT2D eigenvalue weighted by Crippen LogP contribution is -2.21. The third kappa shape index (κ3) is 4.17. The summed E-state index contributed by atoms with van der Waals surface area (Å²) < 4.78 is 57.2. The number of pyridine rings is 1. The van der Waals surface area contributed by atoms with Crippen LogP contribution in [0.5, 0.6) is 0 Å². The Hall–Kier alpha value is -4.93. The molecular weight excluding hydrogens is 484 g/mol. The van der Waals surface area contributed by atoms with E-state index >= 15 is 0 Å². The second kappa shape index (κ2) is 8.69. The smallest absolute Gasteiger partial charge is 0.366 e. The van der Waals surface area contributed by atoms with Gasteiger partial charge in [-0.3, -0.25) is 14.3 Å². The van der Waals surface area contributed by atoms with Gasteiger partial charge in [-0.1, -0.05) is 0 Å². The third-order valence-corrected chi connectivity index (χ3v) is 5.28. The summed E-state index contributed by atoms with van der Waals surface area (Å²) >= 11 is 0. The fourth-order valence-electron chi connectivity index (χ4n) is 3.74. The van der Waals surface area contributed by atoms with Gasteiger partial charge in [0.05, 0.1) is 16.6 Å². The third-order valence-electron chi connectivity index (χ3n) is 5.28. The van der Waals surface area contributed by atoms with E-state index in [1.165, 1.54) is 19.3 Å². The number of carbonyl (C=O) groups is 2. The first kappa shape index (κ1) is 24.2. The van der Waals surface area contributed by atoms with Gasteiger partial charge in [0.1, 0.15) is 29.9 Å². The number of hydrogen-bond donors (Lipinski definition) is 2. The van der Waals surface area contributed by atoms with E-state index in [0.717, 1.165) is 22.9 Å². The largest absolute Gasteiger partial charge is 0.435 e. The molecule has 3 heterocycles. The van der Waals surface area contributed by atoms with E-state index in [2.05, 4.69) is 20.1 Å². The van der Waals surface area contributed by atoms with Crippen LogP contribution in [0.4, 0.5) is 17.6 Å². The Morgan fingerprint density at radius 3 is 2.33 bits per heavy atom. The number of fused-ring (bicyclic) bond motifs is 1. The van der Waals surface area contributed by atoms with Crippen LogP contribution >= 0.6 is 0 Å². The molecule has 4 aromatic rings. The van der Waals surface area contributed by atoms with Crippen LogP contribution in [0.25, 0.3) is 22.0 Å². The van der Waals surface area contributed by atoms with Crippen LogP contribution < -0.4 is 11.5 Å². The van der Waals surface area contributed by atoms with Gasteiger partial charge in [-0.25, -0.2) is 19.3 Å². The van der Waals surface area contributed by atoms with E-state index in [4.69, 9.17) is 16.7 Å². The first-order valence-electron chi connectivity index (χ1n) is 10.0. The van der Waals surface area contributed by atoms with Gasteiger partial charge in [0, 0.05) is 40.7 Å². The monoisotopic (exact) mass is 498 g/mol. The molecule has 0 unspecified atom stereocenters. The lowest BCUT2D eigenvalue weighted by Gasteiger charge is -2.16. The minimum atomic E-state index is -5.04. The second-order valence-corrected chi connectivity index (χ2v) is 7.56. The Bertz CT molecular complexity index is 1590. The summed E-state index contributed by atoms with van der Waals surface area (Å²) in [6.07, 6.45) is -2.66. The zero-order valence-electron chi connectivity index (χ0n) is 18.3. The van der Waals surface area contributed by atoms with E-state index in [0.29, 0.717) is 0 Å². The molecule has 0 spiro atoms. The number of benzene rings is 1. The van der Waals surface area contributed by atoms with Gasteiger partial charge in [0.25, 0.3) is 5.91 Å². The average molecular weight is 498 g/mol. The van der Waals surface area contributed by atoms with Gasteiger partial charge in [-0.15, -0.1) is 0 Å². The highest BCUT2D eigenvalue weighted by Gasteiger charge is 2.41. The Morgan fingerprint density at radius 2 is 1.78 bits per heavy atom. The number of amides is 2. The first-order valence-corrected chi connectivity index (χ1v) is 10.0. The minimum Gasteiger partial charge on any atom is -0.366 e. The second-order valence-electron chi connectivity index (χ2n) is 7.56. The molecule has 0 radical (unpaired) electrons. The van der Waals surface area contributed by atoms with Crippen molar-refractivity contribution in [3.8, 4) is 17.2 Å².